The van der Waals surface area contributed by atoms with E-state index >= 15 is 0 Å². The van der Waals surface area contributed by atoms with Crippen molar-refractivity contribution in [2.45, 2.75) is 17.1 Å². The zero-order chi connectivity index (χ0) is 29.2. The number of halogens is 1. The third-order valence-electron chi connectivity index (χ3n) is 5.86. The summed E-state index contributed by atoms with van der Waals surface area (Å²) in [5, 5.41) is 8.17. The molecule has 7 nitrogen and oxygen atoms in total. The molecule has 3 amide bonds. The van der Waals surface area contributed by atoms with Crippen molar-refractivity contribution < 1.29 is 19.1 Å². The Hall–Kier alpha value is -4.09. The van der Waals surface area contributed by atoms with E-state index in [0.29, 0.717) is 22.6 Å². The monoisotopic (exact) mass is 677 g/mol. The predicted octanol–water partition coefficient (Wildman–Crippen LogP) is 6.83. The van der Waals surface area contributed by atoms with E-state index in [-0.39, 0.29) is 16.9 Å². The van der Waals surface area contributed by atoms with Gasteiger partial charge in [0.25, 0.3) is 11.8 Å². The molecule has 0 saturated heterocycles. The number of carbonyl (C=O) groups excluding carboxylic acids is 3. The summed E-state index contributed by atoms with van der Waals surface area (Å²) in [6.45, 7) is 1.84. The zero-order valence-electron chi connectivity index (χ0n) is 22.4. The van der Waals surface area contributed by atoms with Gasteiger partial charge in [0.05, 0.1) is 12.4 Å². The molecule has 4 aromatic carbocycles. The second-order valence-electron chi connectivity index (χ2n) is 8.89. The number of ether oxygens (including phenoxy) is 1. The highest BCUT2D eigenvalue weighted by Gasteiger charge is 2.17. The summed E-state index contributed by atoms with van der Waals surface area (Å²) < 4.78 is 6.30. The Morgan fingerprint density at radius 2 is 1.41 bits per heavy atom. The topological polar surface area (TPSA) is 96.5 Å². The molecule has 0 spiro atoms. The predicted molar refractivity (Wildman–Crippen MR) is 173 cm³/mol. The quantitative estimate of drug-likeness (QED) is 0.0973. The van der Waals surface area contributed by atoms with Crippen LogP contribution in [0.25, 0.3) is 6.08 Å². The van der Waals surface area contributed by atoms with Gasteiger partial charge in [-0.3, -0.25) is 14.4 Å². The van der Waals surface area contributed by atoms with Gasteiger partial charge in [0.1, 0.15) is 11.4 Å². The Balaban J connectivity index is 1.43. The first-order chi connectivity index (χ1) is 19.8. The Kier molecular flexibility index (Phi) is 10.6. The maximum atomic E-state index is 13.3. The number of thioether (sulfide) groups is 1. The summed E-state index contributed by atoms with van der Waals surface area (Å²) in [5.41, 5.74) is 2.53. The SMILES string of the molecule is COc1ccc(/C=C(\NC(=O)c2ccccc2)C(=O)Nc2ccc(SC(C)C(=O)Nc3ccc(I)cc3)cc2)cc1. The van der Waals surface area contributed by atoms with E-state index in [1.54, 1.807) is 73.8 Å². The van der Waals surface area contributed by atoms with Gasteiger partial charge in [0, 0.05) is 25.4 Å². The molecule has 4 rings (SSSR count). The molecule has 9 heteroatoms. The molecule has 41 heavy (non-hydrogen) atoms. The van der Waals surface area contributed by atoms with Gasteiger partial charge in [-0.15, -0.1) is 11.8 Å². The number of benzene rings is 4. The second-order valence-corrected chi connectivity index (χ2v) is 11.5. The third-order valence-corrected chi connectivity index (χ3v) is 7.69. The number of nitrogens with one attached hydrogen (secondary N) is 3. The van der Waals surface area contributed by atoms with Crippen LogP contribution < -0.4 is 20.7 Å². The lowest BCUT2D eigenvalue weighted by molar-refractivity contribution is -0.115. The van der Waals surface area contributed by atoms with Crippen LogP contribution in [-0.4, -0.2) is 30.1 Å². The van der Waals surface area contributed by atoms with E-state index < -0.39 is 11.8 Å². The molecule has 0 aliphatic heterocycles. The lowest BCUT2D eigenvalue weighted by atomic mass is 10.1. The average Bonchev–Trinajstić information content (AvgIpc) is 2.99. The molecular weight excluding hydrogens is 649 g/mol. The zero-order valence-corrected chi connectivity index (χ0v) is 25.4. The van der Waals surface area contributed by atoms with E-state index in [4.69, 9.17) is 4.74 Å². The number of hydrogen-bond acceptors (Lipinski definition) is 5. The first kappa shape index (κ1) is 29.9. The Morgan fingerprint density at radius 1 is 0.805 bits per heavy atom. The minimum absolute atomic E-state index is 0.0864. The van der Waals surface area contributed by atoms with E-state index in [9.17, 15) is 14.4 Å². The Morgan fingerprint density at radius 3 is 2.05 bits per heavy atom. The lowest BCUT2D eigenvalue weighted by Gasteiger charge is -2.14. The molecule has 3 N–H and O–H groups in total. The molecule has 1 atom stereocenters. The summed E-state index contributed by atoms with van der Waals surface area (Å²) in [6, 6.07) is 30.6. The number of anilines is 2. The molecule has 0 bridgehead atoms. The van der Waals surface area contributed by atoms with Crippen LogP contribution in [0.4, 0.5) is 11.4 Å². The van der Waals surface area contributed by atoms with Gasteiger partial charge in [0.15, 0.2) is 0 Å². The fraction of sp³-hybridized carbons (Fsp3) is 0.0938. The third kappa shape index (κ3) is 8.95. The van der Waals surface area contributed by atoms with Crippen molar-refractivity contribution in [2.75, 3.05) is 17.7 Å². The van der Waals surface area contributed by atoms with E-state index in [2.05, 4.69) is 38.5 Å². The number of carbonyl (C=O) groups is 3. The molecule has 1 unspecified atom stereocenters. The number of rotatable bonds is 10. The molecule has 4 aromatic rings. The van der Waals surface area contributed by atoms with Gasteiger partial charge in [-0.25, -0.2) is 0 Å². The maximum absolute atomic E-state index is 13.3. The molecule has 0 aliphatic rings. The van der Waals surface area contributed by atoms with Crippen LogP contribution in [0.5, 0.6) is 5.75 Å². The second kappa shape index (κ2) is 14.5. The van der Waals surface area contributed by atoms with Crippen molar-refractivity contribution >= 4 is 69.5 Å². The molecule has 0 radical (unpaired) electrons. The van der Waals surface area contributed by atoms with Crippen LogP contribution in [0, 0.1) is 3.57 Å². The number of amides is 3. The normalized spacial score (nSPS) is 11.7. The van der Waals surface area contributed by atoms with Crippen molar-refractivity contribution in [3.63, 3.8) is 0 Å². The van der Waals surface area contributed by atoms with E-state index in [1.165, 1.54) is 11.8 Å². The first-order valence-corrected chi connectivity index (χ1v) is 14.6. The molecule has 0 aromatic heterocycles. The molecule has 0 heterocycles. The summed E-state index contributed by atoms with van der Waals surface area (Å²) in [6.07, 6.45) is 1.60. The van der Waals surface area contributed by atoms with Crippen molar-refractivity contribution in [2.24, 2.45) is 0 Å². The summed E-state index contributed by atoms with van der Waals surface area (Å²) >= 11 is 3.63. The van der Waals surface area contributed by atoms with Crippen molar-refractivity contribution in [3.05, 3.63) is 124 Å². The minimum Gasteiger partial charge on any atom is -0.497 e. The molecular formula is C32H28IN3O4S. The van der Waals surface area contributed by atoms with Crippen LogP contribution in [0.2, 0.25) is 0 Å². The lowest BCUT2D eigenvalue weighted by Crippen LogP contribution is -2.30. The molecule has 0 aliphatic carbocycles. The van der Waals surface area contributed by atoms with Gasteiger partial charge in [-0.1, -0.05) is 30.3 Å². The molecule has 0 saturated carbocycles. The fourth-order valence-corrected chi connectivity index (χ4v) is 4.89. The maximum Gasteiger partial charge on any atom is 0.272 e. The summed E-state index contributed by atoms with van der Waals surface area (Å²) in [5.74, 6) is -0.294. The highest BCUT2D eigenvalue weighted by atomic mass is 127. The van der Waals surface area contributed by atoms with Crippen molar-refractivity contribution in [1.29, 1.82) is 0 Å². The Labute approximate surface area is 256 Å². The number of hydrogen-bond donors (Lipinski definition) is 3. The van der Waals surface area contributed by atoms with Crippen LogP contribution in [-0.2, 0) is 9.59 Å². The van der Waals surface area contributed by atoms with Gasteiger partial charge in [-0.05, 0) is 114 Å². The molecule has 0 fully saturated rings. The van der Waals surface area contributed by atoms with Gasteiger partial charge < -0.3 is 20.7 Å². The van der Waals surface area contributed by atoms with Gasteiger partial charge >= 0.3 is 0 Å². The van der Waals surface area contributed by atoms with Crippen molar-refractivity contribution in [3.8, 4) is 5.75 Å². The van der Waals surface area contributed by atoms with Crippen LogP contribution in [0.15, 0.2) is 114 Å². The fourth-order valence-electron chi connectivity index (χ4n) is 3.66. The standard InChI is InChI=1S/C32H28IN3O4S/c1-21(30(37)34-25-12-10-24(33)11-13-25)41-28-18-14-26(15-19-28)35-32(39)29(20-22-8-16-27(40-2)17-9-22)36-31(38)23-6-4-3-5-7-23/h3-21H,1-2H3,(H,34,37)(H,35,39)(H,36,38)/b29-20-. The average molecular weight is 678 g/mol. The smallest absolute Gasteiger partial charge is 0.272 e. The van der Waals surface area contributed by atoms with E-state index in [1.807, 2.05) is 49.4 Å². The summed E-state index contributed by atoms with van der Waals surface area (Å²) in [7, 11) is 1.58. The highest BCUT2D eigenvalue weighted by molar-refractivity contribution is 14.1. The van der Waals surface area contributed by atoms with Crippen LogP contribution in [0.1, 0.15) is 22.8 Å². The van der Waals surface area contributed by atoms with Gasteiger partial charge in [0.2, 0.25) is 5.91 Å². The minimum atomic E-state index is -0.476. The van der Waals surface area contributed by atoms with Crippen LogP contribution >= 0.6 is 34.4 Å². The van der Waals surface area contributed by atoms with E-state index in [0.717, 1.165) is 14.2 Å². The largest absolute Gasteiger partial charge is 0.497 e. The summed E-state index contributed by atoms with van der Waals surface area (Å²) in [4.78, 5) is 39.6. The molecule has 208 valence electrons. The number of methoxy groups -OCH3 is 1. The van der Waals surface area contributed by atoms with Crippen LogP contribution in [0.3, 0.4) is 0 Å². The first-order valence-electron chi connectivity index (χ1n) is 12.7. The van der Waals surface area contributed by atoms with Gasteiger partial charge in [-0.2, -0.15) is 0 Å². The highest BCUT2D eigenvalue weighted by Crippen LogP contribution is 2.26. The Bertz CT molecular complexity index is 1520. The van der Waals surface area contributed by atoms with Crippen molar-refractivity contribution in [1.82, 2.24) is 5.32 Å².